The van der Waals surface area contributed by atoms with Crippen LogP contribution in [0.25, 0.3) is 0 Å². The molecule has 1 atom stereocenters. The zero-order valence-electron chi connectivity index (χ0n) is 13.5. The second kappa shape index (κ2) is 9.74. The van der Waals surface area contributed by atoms with E-state index in [1.165, 1.54) is 25.8 Å². The standard InChI is InChI=1S/C16H32N2O3/c1-2-20-14-16(19)13-18-7-4-15(5-8-18)3-6-17-9-11-21-12-10-17/h15-16,19H,2-14H2,1H3/t16-/m0/s1. The fourth-order valence-electron chi connectivity index (χ4n) is 3.25. The summed E-state index contributed by atoms with van der Waals surface area (Å²) in [5.74, 6) is 0.855. The smallest absolute Gasteiger partial charge is 0.0900 e. The molecule has 0 aromatic heterocycles. The first-order valence-corrected chi connectivity index (χ1v) is 8.56. The van der Waals surface area contributed by atoms with E-state index in [4.69, 9.17) is 9.47 Å². The highest BCUT2D eigenvalue weighted by Crippen LogP contribution is 2.21. The lowest BCUT2D eigenvalue weighted by molar-refractivity contribution is 0.0123. The van der Waals surface area contributed by atoms with Crippen LogP contribution in [0.3, 0.4) is 0 Å². The molecule has 0 radical (unpaired) electrons. The second-order valence-electron chi connectivity index (χ2n) is 6.30. The van der Waals surface area contributed by atoms with Crippen molar-refractivity contribution in [3.63, 3.8) is 0 Å². The van der Waals surface area contributed by atoms with Gasteiger partial charge >= 0.3 is 0 Å². The van der Waals surface area contributed by atoms with E-state index in [-0.39, 0.29) is 6.10 Å². The van der Waals surface area contributed by atoms with Gasteiger partial charge in [-0.1, -0.05) is 0 Å². The van der Waals surface area contributed by atoms with Crippen LogP contribution in [-0.4, -0.2) is 86.7 Å². The molecule has 0 aromatic carbocycles. The minimum Gasteiger partial charge on any atom is -0.389 e. The number of ether oxygens (including phenoxy) is 2. The maximum Gasteiger partial charge on any atom is 0.0900 e. The number of likely N-dealkylation sites (tertiary alicyclic amines) is 1. The van der Waals surface area contributed by atoms with Crippen LogP contribution in [0.15, 0.2) is 0 Å². The molecule has 2 saturated heterocycles. The Balaban J connectivity index is 1.55. The Bertz CT molecular complexity index is 264. The summed E-state index contributed by atoms with van der Waals surface area (Å²) >= 11 is 0. The van der Waals surface area contributed by atoms with E-state index in [0.717, 1.165) is 51.9 Å². The monoisotopic (exact) mass is 300 g/mol. The quantitative estimate of drug-likeness (QED) is 0.719. The van der Waals surface area contributed by atoms with Crippen molar-refractivity contribution in [2.45, 2.75) is 32.3 Å². The average Bonchev–Trinajstić information content (AvgIpc) is 2.53. The maximum atomic E-state index is 9.89. The molecule has 0 aromatic rings. The zero-order chi connectivity index (χ0) is 14.9. The Morgan fingerprint density at radius 3 is 2.52 bits per heavy atom. The molecule has 2 fully saturated rings. The van der Waals surface area contributed by atoms with Gasteiger partial charge in [0.25, 0.3) is 0 Å². The predicted molar refractivity (Wildman–Crippen MR) is 83.5 cm³/mol. The summed E-state index contributed by atoms with van der Waals surface area (Å²) in [5.41, 5.74) is 0. The molecule has 0 bridgehead atoms. The number of morpholine rings is 1. The first-order chi connectivity index (χ1) is 10.3. The highest BCUT2D eigenvalue weighted by molar-refractivity contribution is 4.76. The van der Waals surface area contributed by atoms with Crippen molar-refractivity contribution >= 4 is 0 Å². The van der Waals surface area contributed by atoms with Crippen LogP contribution in [0.2, 0.25) is 0 Å². The number of aliphatic hydroxyl groups is 1. The Morgan fingerprint density at radius 1 is 1.14 bits per heavy atom. The highest BCUT2D eigenvalue weighted by atomic mass is 16.5. The summed E-state index contributed by atoms with van der Waals surface area (Å²) in [5, 5.41) is 9.89. The lowest BCUT2D eigenvalue weighted by Gasteiger charge is -2.34. The van der Waals surface area contributed by atoms with Gasteiger partial charge in [-0.2, -0.15) is 0 Å². The first kappa shape index (κ1) is 17.2. The molecule has 2 rings (SSSR count). The second-order valence-corrected chi connectivity index (χ2v) is 6.30. The van der Waals surface area contributed by atoms with Gasteiger partial charge in [0.05, 0.1) is 25.9 Å². The third kappa shape index (κ3) is 6.61. The maximum absolute atomic E-state index is 9.89. The summed E-state index contributed by atoms with van der Waals surface area (Å²) in [7, 11) is 0. The Labute approximate surface area is 129 Å². The van der Waals surface area contributed by atoms with Gasteiger partial charge in [0.15, 0.2) is 0 Å². The fraction of sp³-hybridized carbons (Fsp3) is 1.00. The van der Waals surface area contributed by atoms with E-state index in [9.17, 15) is 5.11 Å². The van der Waals surface area contributed by atoms with Crippen LogP contribution in [0.4, 0.5) is 0 Å². The molecular formula is C16H32N2O3. The number of piperidine rings is 1. The van der Waals surface area contributed by atoms with Gasteiger partial charge in [0, 0.05) is 26.2 Å². The number of hydrogen-bond acceptors (Lipinski definition) is 5. The number of rotatable bonds is 8. The molecule has 2 aliphatic heterocycles. The highest BCUT2D eigenvalue weighted by Gasteiger charge is 2.22. The van der Waals surface area contributed by atoms with E-state index in [1.54, 1.807) is 0 Å². The number of β-amino-alcohol motifs (C(OH)–C–C–N with tert-alkyl or cyclic N) is 1. The summed E-state index contributed by atoms with van der Waals surface area (Å²) in [6, 6.07) is 0. The van der Waals surface area contributed by atoms with Gasteiger partial charge in [-0.05, 0) is 51.7 Å². The minimum atomic E-state index is -0.338. The van der Waals surface area contributed by atoms with Gasteiger partial charge in [-0.3, -0.25) is 4.90 Å². The first-order valence-electron chi connectivity index (χ1n) is 8.56. The van der Waals surface area contributed by atoms with Crippen molar-refractivity contribution in [2.75, 3.05) is 65.7 Å². The molecule has 2 aliphatic rings. The molecule has 2 heterocycles. The molecule has 0 spiro atoms. The minimum absolute atomic E-state index is 0.338. The predicted octanol–water partition coefficient (Wildman–Crippen LogP) is 0.818. The lowest BCUT2D eigenvalue weighted by Crippen LogP contribution is -2.41. The summed E-state index contributed by atoms with van der Waals surface area (Å²) in [6.45, 7) is 11.3. The van der Waals surface area contributed by atoms with Crippen molar-refractivity contribution in [1.29, 1.82) is 0 Å². The van der Waals surface area contributed by atoms with Gasteiger partial charge in [0.1, 0.15) is 0 Å². The van der Waals surface area contributed by atoms with Crippen molar-refractivity contribution in [1.82, 2.24) is 9.80 Å². The van der Waals surface area contributed by atoms with E-state index >= 15 is 0 Å². The Hall–Kier alpha value is -0.200. The molecule has 5 nitrogen and oxygen atoms in total. The van der Waals surface area contributed by atoms with Crippen LogP contribution in [0, 0.1) is 5.92 Å². The summed E-state index contributed by atoms with van der Waals surface area (Å²) in [4.78, 5) is 4.91. The van der Waals surface area contributed by atoms with Crippen LogP contribution in [0.1, 0.15) is 26.2 Å². The van der Waals surface area contributed by atoms with Gasteiger partial charge < -0.3 is 19.5 Å². The van der Waals surface area contributed by atoms with E-state index in [0.29, 0.717) is 13.2 Å². The number of nitrogens with zero attached hydrogens (tertiary/aromatic N) is 2. The number of aliphatic hydroxyl groups excluding tert-OH is 1. The SMILES string of the molecule is CCOC[C@@H](O)CN1CCC(CCN2CCOCC2)CC1. The molecule has 1 N–H and O–H groups in total. The largest absolute Gasteiger partial charge is 0.389 e. The van der Waals surface area contributed by atoms with Crippen LogP contribution in [-0.2, 0) is 9.47 Å². The Morgan fingerprint density at radius 2 is 1.86 bits per heavy atom. The lowest BCUT2D eigenvalue weighted by atomic mass is 9.93. The zero-order valence-corrected chi connectivity index (χ0v) is 13.5. The normalized spacial score (nSPS) is 24.3. The van der Waals surface area contributed by atoms with E-state index in [1.807, 2.05) is 6.92 Å². The molecule has 124 valence electrons. The van der Waals surface area contributed by atoms with Gasteiger partial charge in [-0.15, -0.1) is 0 Å². The summed E-state index contributed by atoms with van der Waals surface area (Å²) < 4.78 is 10.7. The fourth-order valence-corrected chi connectivity index (χ4v) is 3.25. The Kier molecular flexibility index (Phi) is 7.96. The molecule has 0 unspecified atom stereocenters. The number of hydrogen-bond donors (Lipinski definition) is 1. The van der Waals surface area contributed by atoms with Crippen molar-refractivity contribution in [3.8, 4) is 0 Å². The van der Waals surface area contributed by atoms with Crippen LogP contribution >= 0.6 is 0 Å². The molecule has 21 heavy (non-hydrogen) atoms. The third-order valence-corrected chi connectivity index (χ3v) is 4.65. The molecule has 5 heteroatoms. The molecule has 0 saturated carbocycles. The molecule has 0 amide bonds. The average molecular weight is 300 g/mol. The third-order valence-electron chi connectivity index (χ3n) is 4.65. The van der Waals surface area contributed by atoms with E-state index in [2.05, 4.69) is 9.80 Å². The van der Waals surface area contributed by atoms with Gasteiger partial charge in [-0.25, -0.2) is 0 Å². The van der Waals surface area contributed by atoms with Gasteiger partial charge in [0.2, 0.25) is 0 Å². The van der Waals surface area contributed by atoms with Crippen molar-refractivity contribution < 1.29 is 14.6 Å². The van der Waals surface area contributed by atoms with E-state index < -0.39 is 0 Å². The van der Waals surface area contributed by atoms with Crippen LogP contribution < -0.4 is 0 Å². The molecular weight excluding hydrogens is 268 g/mol. The topological polar surface area (TPSA) is 45.2 Å². The van der Waals surface area contributed by atoms with Crippen molar-refractivity contribution in [2.24, 2.45) is 5.92 Å². The van der Waals surface area contributed by atoms with Crippen molar-refractivity contribution in [3.05, 3.63) is 0 Å². The summed E-state index contributed by atoms with van der Waals surface area (Å²) in [6.07, 6.45) is 3.52. The molecule has 0 aliphatic carbocycles. The van der Waals surface area contributed by atoms with Crippen LogP contribution in [0.5, 0.6) is 0 Å².